The minimum atomic E-state index is -0.253. The van der Waals surface area contributed by atoms with Gasteiger partial charge in [0, 0.05) is 41.2 Å². The lowest BCUT2D eigenvalue weighted by Gasteiger charge is -2.25. The number of para-hydroxylation sites is 1. The number of nitrogens with zero attached hydrogens (tertiary/aromatic N) is 3. The first-order valence-electron chi connectivity index (χ1n) is 11.8. The average Bonchev–Trinajstić information content (AvgIpc) is 3.57. The molecule has 1 aliphatic heterocycles. The fourth-order valence-electron chi connectivity index (χ4n) is 4.66. The van der Waals surface area contributed by atoms with E-state index in [1.807, 2.05) is 18.2 Å². The van der Waals surface area contributed by atoms with E-state index in [-0.39, 0.29) is 17.7 Å². The molecule has 0 spiro atoms. The number of carbonyl (C=O) groups is 1. The normalized spacial score (nSPS) is 13.7. The number of carbonyl (C=O) groups excluding carboxylic acids is 1. The average molecular weight is 517 g/mol. The fraction of sp³-hybridized carbons (Fsp3) is 0.185. The van der Waals surface area contributed by atoms with Gasteiger partial charge in [0.15, 0.2) is 11.8 Å². The molecule has 182 valence electrons. The maximum Gasteiger partial charge on any atom is 0.256 e. The van der Waals surface area contributed by atoms with E-state index in [1.165, 1.54) is 27.1 Å². The van der Waals surface area contributed by atoms with Crippen LogP contribution in [0.5, 0.6) is 11.8 Å². The zero-order valence-corrected chi connectivity index (χ0v) is 21.2. The van der Waals surface area contributed by atoms with Crippen molar-refractivity contribution in [2.45, 2.75) is 19.9 Å². The molecule has 0 fully saturated rings. The Bertz CT molecular complexity index is 1550. The lowest BCUT2D eigenvalue weighted by atomic mass is 10.0. The van der Waals surface area contributed by atoms with Crippen LogP contribution in [0.3, 0.4) is 0 Å². The lowest BCUT2D eigenvalue weighted by molar-refractivity contribution is 0.102. The zero-order chi connectivity index (χ0) is 24.8. The van der Waals surface area contributed by atoms with E-state index in [0.717, 1.165) is 51.8 Å². The molecule has 1 amide bonds. The summed E-state index contributed by atoms with van der Waals surface area (Å²) in [7, 11) is 0. The molecule has 3 N–H and O–H groups in total. The molecule has 4 heterocycles. The Balaban J connectivity index is 1.39. The van der Waals surface area contributed by atoms with E-state index in [2.05, 4.69) is 23.2 Å². The number of thiophene rings is 1. The second kappa shape index (κ2) is 9.09. The minimum absolute atomic E-state index is 0.102. The number of nitrogens with one attached hydrogen (secondary N) is 1. The number of rotatable bonds is 5. The summed E-state index contributed by atoms with van der Waals surface area (Å²) in [4.78, 5) is 22.0. The number of aromatic nitrogens is 2. The van der Waals surface area contributed by atoms with Gasteiger partial charge in [0.1, 0.15) is 10.0 Å². The van der Waals surface area contributed by atoms with Gasteiger partial charge in [-0.3, -0.25) is 14.3 Å². The number of hydrogen-bond acceptors (Lipinski definition) is 7. The van der Waals surface area contributed by atoms with Crippen LogP contribution < -0.4 is 5.32 Å². The Labute approximate surface area is 215 Å². The van der Waals surface area contributed by atoms with E-state index in [4.69, 9.17) is 4.98 Å². The van der Waals surface area contributed by atoms with Crippen LogP contribution in [0.1, 0.15) is 27.7 Å². The van der Waals surface area contributed by atoms with Gasteiger partial charge in [0.25, 0.3) is 5.91 Å². The zero-order valence-electron chi connectivity index (χ0n) is 19.6. The van der Waals surface area contributed by atoms with E-state index in [1.54, 1.807) is 46.9 Å². The number of benzene rings is 2. The third-order valence-electron chi connectivity index (χ3n) is 6.52. The lowest BCUT2D eigenvalue weighted by Crippen LogP contribution is -2.29. The standard InChI is InChI=1S/C27H24N4O3S2/c1-2-30-13-12-18-21(15-30)36-27(24(18)26-28-19-8-3-4-9-20(19)35-26)29-25(34)16-6-5-7-17(14-16)31-22(32)10-11-23(31)33/h3-11,14,32-33H,2,12-13,15H2,1H3,(H,29,34). The van der Waals surface area contributed by atoms with Crippen molar-refractivity contribution in [1.82, 2.24) is 14.5 Å². The van der Waals surface area contributed by atoms with Crippen LogP contribution in [-0.4, -0.2) is 43.7 Å². The molecule has 2 aromatic carbocycles. The topological polar surface area (TPSA) is 90.6 Å². The SMILES string of the molecule is CCN1CCc2c(sc(NC(=O)c3cccc(-n4c(O)ccc4O)c3)c2-c2nc3ccccc3s2)C1. The molecule has 0 unspecified atom stereocenters. The highest BCUT2D eigenvalue weighted by Crippen LogP contribution is 2.45. The Morgan fingerprint density at radius 3 is 2.64 bits per heavy atom. The highest BCUT2D eigenvalue weighted by atomic mass is 32.1. The van der Waals surface area contributed by atoms with E-state index >= 15 is 0 Å². The van der Waals surface area contributed by atoms with Crippen molar-refractivity contribution in [2.75, 3.05) is 18.4 Å². The van der Waals surface area contributed by atoms with Crippen LogP contribution in [0.25, 0.3) is 26.5 Å². The molecule has 1 aliphatic rings. The molecule has 0 saturated heterocycles. The molecule has 5 aromatic rings. The smallest absolute Gasteiger partial charge is 0.256 e. The van der Waals surface area contributed by atoms with Crippen LogP contribution in [0.15, 0.2) is 60.7 Å². The van der Waals surface area contributed by atoms with Gasteiger partial charge in [0.2, 0.25) is 0 Å². The van der Waals surface area contributed by atoms with E-state index < -0.39 is 0 Å². The summed E-state index contributed by atoms with van der Waals surface area (Å²) in [5, 5.41) is 25.1. The fourth-order valence-corrected chi connectivity index (χ4v) is 7.06. The predicted octanol–water partition coefficient (Wildman–Crippen LogP) is 5.86. The number of aromatic hydroxyl groups is 2. The summed E-state index contributed by atoms with van der Waals surface area (Å²) in [6.45, 7) is 5.01. The number of thiazole rings is 1. The van der Waals surface area contributed by atoms with Crippen LogP contribution in [0.4, 0.5) is 5.00 Å². The Kier molecular flexibility index (Phi) is 5.75. The van der Waals surface area contributed by atoms with Gasteiger partial charge in [-0.05, 0) is 48.9 Å². The third-order valence-corrected chi connectivity index (χ3v) is 8.71. The minimum Gasteiger partial charge on any atom is -0.494 e. The molecule has 0 radical (unpaired) electrons. The molecule has 9 heteroatoms. The molecule has 3 aromatic heterocycles. The maximum atomic E-state index is 13.4. The first kappa shape index (κ1) is 22.8. The van der Waals surface area contributed by atoms with Gasteiger partial charge in [-0.15, -0.1) is 22.7 Å². The van der Waals surface area contributed by atoms with E-state index in [0.29, 0.717) is 11.3 Å². The Morgan fingerprint density at radius 1 is 1.06 bits per heavy atom. The number of hydrogen-bond donors (Lipinski definition) is 3. The van der Waals surface area contributed by atoms with Crippen molar-refractivity contribution < 1.29 is 15.0 Å². The van der Waals surface area contributed by atoms with Crippen LogP contribution in [0, 0.1) is 0 Å². The van der Waals surface area contributed by atoms with Gasteiger partial charge in [0.05, 0.1) is 15.9 Å². The van der Waals surface area contributed by atoms with Gasteiger partial charge in [-0.25, -0.2) is 4.98 Å². The third kappa shape index (κ3) is 3.95. The molecular weight excluding hydrogens is 492 g/mol. The molecule has 36 heavy (non-hydrogen) atoms. The van der Waals surface area contributed by atoms with Crippen molar-refractivity contribution in [1.29, 1.82) is 0 Å². The largest absolute Gasteiger partial charge is 0.494 e. The molecule has 6 rings (SSSR count). The van der Waals surface area contributed by atoms with Crippen LogP contribution in [-0.2, 0) is 13.0 Å². The summed E-state index contributed by atoms with van der Waals surface area (Å²) in [5.41, 5.74) is 4.18. The second-order valence-corrected chi connectivity index (χ2v) is 10.8. The second-order valence-electron chi connectivity index (χ2n) is 8.70. The highest BCUT2D eigenvalue weighted by molar-refractivity contribution is 7.23. The molecule has 0 bridgehead atoms. The van der Waals surface area contributed by atoms with Crippen molar-refractivity contribution >= 4 is 43.8 Å². The van der Waals surface area contributed by atoms with Crippen molar-refractivity contribution in [2.24, 2.45) is 0 Å². The van der Waals surface area contributed by atoms with Crippen LogP contribution >= 0.6 is 22.7 Å². The molecule has 0 aliphatic carbocycles. The first-order valence-corrected chi connectivity index (χ1v) is 13.4. The molecule has 0 saturated carbocycles. The number of amides is 1. The van der Waals surface area contributed by atoms with Crippen molar-refractivity contribution in [3.8, 4) is 28.0 Å². The summed E-state index contributed by atoms with van der Waals surface area (Å²) >= 11 is 3.27. The molecule has 0 atom stereocenters. The van der Waals surface area contributed by atoms with Crippen LogP contribution in [0.2, 0.25) is 0 Å². The maximum absolute atomic E-state index is 13.4. The Hall–Kier alpha value is -3.66. The van der Waals surface area contributed by atoms with E-state index in [9.17, 15) is 15.0 Å². The highest BCUT2D eigenvalue weighted by Gasteiger charge is 2.27. The van der Waals surface area contributed by atoms with Crippen molar-refractivity contribution in [3.05, 3.63) is 76.7 Å². The summed E-state index contributed by atoms with van der Waals surface area (Å²) in [6.07, 6.45) is 0.919. The van der Waals surface area contributed by atoms with Crippen molar-refractivity contribution in [3.63, 3.8) is 0 Å². The van der Waals surface area contributed by atoms with Gasteiger partial charge >= 0.3 is 0 Å². The summed E-state index contributed by atoms with van der Waals surface area (Å²) in [5.74, 6) is -0.458. The first-order chi connectivity index (χ1) is 17.5. The number of anilines is 1. The number of likely N-dealkylation sites (N-methyl/N-ethyl adjacent to an activating group) is 1. The van der Waals surface area contributed by atoms with Gasteiger partial charge in [-0.1, -0.05) is 25.1 Å². The molecular formula is C27H24N4O3S2. The number of fused-ring (bicyclic) bond motifs is 2. The summed E-state index contributed by atoms with van der Waals surface area (Å²) in [6, 6.07) is 17.7. The Morgan fingerprint density at radius 2 is 1.86 bits per heavy atom. The predicted molar refractivity (Wildman–Crippen MR) is 145 cm³/mol. The monoisotopic (exact) mass is 516 g/mol. The van der Waals surface area contributed by atoms with Gasteiger partial charge < -0.3 is 15.5 Å². The quantitative estimate of drug-likeness (QED) is 0.272. The van der Waals surface area contributed by atoms with Gasteiger partial charge in [-0.2, -0.15) is 0 Å². The summed E-state index contributed by atoms with van der Waals surface area (Å²) < 4.78 is 2.40. The molecule has 7 nitrogen and oxygen atoms in total.